The second kappa shape index (κ2) is 5.28. The molecule has 0 aromatic heterocycles. The third kappa shape index (κ3) is 2.55. The zero-order valence-electron chi connectivity index (χ0n) is 12.2. The number of fused-ring (bicyclic) bond motifs is 1. The summed E-state index contributed by atoms with van der Waals surface area (Å²) in [4.78, 5) is 14.7. The number of carbonyl (C=O) groups is 1. The summed E-state index contributed by atoms with van der Waals surface area (Å²) in [6, 6.07) is 14.2. The van der Waals surface area contributed by atoms with Gasteiger partial charge in [0.25, 0.3) is 5.91 Å². The van der Waals surface area contributed by atoms with Crippen molar-refractivity contribution in [3.63, 3.8) is 0 Å². The van der Waals surface area contributed by atoms with Gasteiger partial charge in [0.15, 0.2) is 0 Å². The highest BCUT2D eigenvalue weighted by Gasteiger charge is 2.26. The molecule has 0 unspecified atom stereocenters. The maximum absolute atomic E-state index is 12.7. The highest BCUT2D eigenvalue weighted by molar-refractivity contribution is 5.98. The molecule has 0 N–H and O–H groups in total. The lowest BCUT2D eigenvalue weighted by Crippen LogP contribution is -2.42. The SMILES string of the molecule is C[C@@H]1C[C@H](C)CN(C(=O)c2ccc3ccccc3c2)C1. The van der Waals surface area contributed by atoms with Crippen LogP contribution in [-0.4, -0.2) is 23.9 Å². The van der Waals surface area contributed by atoms with Crippen molar-refractivity contribution < 1.29 is 4.79 Å². The Morgan fingerprint density at radius 1 is 1.00 bits per heavy atom. The van der Waals surface area contributed by atoms with Crippen molar-refractivity contribution in [3.8, 4) is 0 Å². The first-order valence-corrected chi connectivity index (χ1v) is 7.41. The number of likely N-dealkylation sites (tertiary alicyclic amines) is 1. The van der Waals surface area contributed by atoms with Gasteiger partial charge in [0.05, 0.1) is 0 Å². The second-order valence-corrected chi connectivity index (χ2v) is 6.22. The normalized spacial score (nSPS) is 23.0. The number of nitrogens with zero attached hydrogens (tertiary/aromatic N) is 1. The highest BCUT2D eigenvalue weighted by Crippen LogP contribution is 2.23. The van der Waals surface area contributed by atoms with Crippen LogP contribution in [-0.2, 0) is 0 Å². The van der Waals surface area contributed by atoms with E-state index in [0.29, 0.717) is 11.8 Å². The lowest BCUT2D eigenvalue weighted by molar-refractivity contribution is 0.0623. The van der Waals surface area contributed by atoms with E-state index in [0.717, 1.165) is 24.0 Å². The van der Waals surface area contributed by atoms with Gasteiger partial charge in [-0.1, -0.05) is 44.2 Å². The molecule has 0 saturated carbocycles. The van der Waals surface area contributed by atoms with Crippen LogP contribution in [0.15, 0.2) is 42.5 Å². The van der Waals surface area contributed by atoms with Crippen LogP contribution < -0.4 is 0 Å². The maximum atomic E-state index is 12.7. The van der Waals surface area contributed by atoms with Crippen molar-refractivity contribution in [1.82, 2.24) is 4.90 Å². The summed E-state index contributed by atoms with van der Waals surface area (Å²) in [5.74, 6) is 1.38. The highest BCUT2D eigenvalue weighted by atomic mass is 16.2. The lowest BCUT2D eigenvalue weighted by atomic mass is 9.91. The monoisotopic (exact) mass is 267 g/mol. The van der Waals surface area contributed by atoms with E-state index < -0.39 is 0 Å². The predicted molar refractivity (Wildman–Crippen MR) is 82.8 cm³/mol. The number of piperidine rings is 1. The molecule has 2 nitrogen and oxygen atoms in total. The van der Waals surface area contributed by atoms with Crippen molar-refractivity contribution in [2.45, 2.75) is 20.3 Å². The Morgan fingerprint density at radius 3 is 2.35 bits per heavy atom. The van der Waals surface area contributed by atoms with E-state index in [1.54, 1.807) is 0 Å². The van der Waals surface area contributed by atoms with Crippen LogP contribution in [0.2, 0.25) is 0 Å². The van der Waals surface area contributed by atoms with Gasteiger partial charge in [-0.2, -0.15) is 0 Å². The molecule has 20 heavy (non-hydrogen) atoms. The molecule has 2 aromatic carbocycles. The number of carbonyl (C=O) groups excluding carboxylic acids is 1. The van der Waals surface area contributed by atoms with Gasteiger partial charge >= 0.3 is 0 Å². The minimum Gasteiger partial charge on any atom is -0.338 e. The second-order valence-electron chi connectivity index (χ2n) is 6.22. The largest absolute Gasteiger partial charge is 0.338 e. The first-order valence-electron chi connectivity index (χ1n) is 7.41. The Kier molecular flexibility index (Phi) is 3.47. The van der Waals surface area contributed by atoms with Crippen molar-refractivity contribution in [2.24, 2.45) is 11.8 Å². The van der Waals surface area contributed by atoms with Gasteiger partial charge in [-0.05, 0) is 41.2 Å². The Balaban J connectivity index is 1.88. The van der Waals surface area contributed by atoms with Gasteiger partial charge in [-0.3, -0.25) is 4.79 Å². The summed E-state index contributed by atoms with van der Waals surface area (Å²) < 4.78 is 0. The molecule has 1 heterocycles. The number of benzene rings is 2. The smallest absolute Gasteiger partial charge is 0.253 e. The molecule has 0 radical (unpaired) electrons. The number of amides is 1. The van der Waals surface area contributed by atoms with Gasteiger partial charge < -0.3 is 4.90 Å². The molecule has 2 heteroatoms. The van der Waals surface area contributed by atoms with Gasteiger partial charge in [0.2, 0.25) is 0 Å². The van der Waals surface area contributed by atoms with E-state index in [2.05, 4.69) is 26.0 Å². The average Bonchev–Trinajstić information content (AvgIpc) is 2.45. The van der Waals surface area contributed by atoms with Crippen molar-refractivity contribution in [2.75, 3.05) is 13.1 Å². The number of hydrogen-bond donors (Lipinski definition) is 0. The van der Waals surface area contributed by atoms with Crippen LogP contribution in [0.3, 0.4) is 0 Å². The molecule has 104 valence electrons. The van der Waals surface area contributed by atoms with Crippen LogP contribution in [0.1, 0.15) is 30.6 Å². The topological polar surface area (TPSA) is 20.3 Å². The summed E-state index contributed by atoms with van der Waals surface area (Å²) in [5.41, 5.74) is 0.810. The third-order valence-corrected chi connectivity index (χ3v) is 4.15. The molecule has 1 saturated heterocycles. The Morgan fingerprint density at radius 2 is 1.65 bits per heavy atom. The zero-order valence-corrected chi connectivity index (χ0v) is 12.2. The van der Waals surface area contributed by atoms with Crippen molar-refractivity contribution in [3.05, 3.63) is 48.0 Å². The fraction of sp³-hybridized carbons (Fsp3) is 0.389. The number of hydrogen-bond acceptors (Lipinski definition) is 1. The van der Waals surface area contributed by atoms with E-state index in [1.165, 1.54) is 11.8 Å². The average molecular weight is 267 g/mol. The standard InChI is InChI=1S/C18H21NO/c1-13-9-14(2)12-19(11-13)18(20)17-8-7-15-5-3-4-6-16(15)10-17/h3-8,10,13-14H,9,11-12H2,1-2H3/t13-,14+. The van der Waals surface area contributed by atoms with Crippen LogP contribution in [0.25, 0.3) is 10.8 Å². The molecule has 2 atom stereocenters. The quantitative estimate of drug-likeness (QED) is 0.766. The molecule has 1 amide bonds. The minimum absolute atomic E-state index is 0.175. The van der Waals surface area contributed by atoms with Gasteiger partial charge in [-0.15, -0.1) is 0 Å². The van der Waals surface area contributed by atoms with Crippen LogP contribution in [0, 0.1) is 11.8 Å². The summed E-state index contributed by atoms with van der Waals surface area (Å²) in [5, 5.41) is 2.32. The Bertz CT molecular complexity index is 624. The first-order chi connectivity index (χ1) is 9.63. The fourth-order valence-corrected chi connectivity index (χ4v) is 3.33. The Labute approximate surface area is 120 Å². The molecule has 1 fully saturated rings. The molecule has 0 bridgehead atoms. The molecular formula is C18H21NO. The van der Waals surface area contributed by atoms with Crippen LogP contribution in [0.4, 0.5) is 0 Å². The lowest BCUT2D eigenvalue weighted by Gasteiger charge is -2.35. The fourth-order valence-electron chi connectivity index (χ4n) is 3.33. The summed E-state index contributed by atoms with van der Waals surface area (Å²) in [7, 11) is 0. The van der Waals surface area contributed by atoms with E-state index >= 15 is 0 Å². The molecule has 0 spiro atoms. The molecule has 1 aliphatic heterocycles. The Hall–Kier alpha value is -1.83. The van der Waals surface area contributed by atoms with Gasteiger partial charge in [0, 0.05) is 18.7 Å². The molecule has 0 aliphatic carbocycles. The summed E-state index contributed by atoms with van der Waals surface area (Å²) in [6.45, 7) is 6.23. The van der Waals surface area contributed by atoms with Gasteiger partial charge in [-0.25, -0.2) is 0 Å². The number of rotatable bonds is 1. The summed E-state index contributed by atoms with van der Waals surface area (Å²) >= 11 is 0. The first kappa shape index (κ1) is 13.2. The van der Waals surface area contributed by atoms with E-state index in [4.69, 9.17) is 0 Å². The summed E-state index contributed by atoms with van der Waals surface area (Å²) in [6.07, 6.45) is 1.22. The van der Waals surface area contributed by atoms with Crippen molar-refractivity contribution in [1.29, 1.82) is 0 Å². The van der Waals surface area contributed by atoms with Gasteiger partial charge in [0.1, 0.15) is 0 Å². The maximum Gasteiger partial charge on any atom is 0.253 e. The van der Waals surface area contributed by atoms with Crippen LogP contribution >= 0.6 is 0 Å². The molecule has 3 rings (SSSR count). The molecular weight excluding hydrogens is 246 g/mol. The molecule has 1 aliphatic rings. The third-order valence-electron chi connectivity index (χ3n) is 4.15. The van der Waals surface area contributed by atoms with E-state index in [1.807, 2.05) is 35.2 Å². The predicted octanol–water partition coefficient (Wildman–Crippen LogP) is 3.96. The van der Waals surface area contributed by atoms with Crippen LogP contribution in [0.5, 0.6) is 0 Å². The molecule has 2 aromatic rings. The van der Waals surface area contributed by atoms with E-state index in [-0.39, 0.29) is 5.91 Å². The zero-order chi connectivity index (χ0) is 14.1. The van der Waals surface area contributed by atoms with Crippen molar-refractivity contribution >= 4 is 16.7 Å². The minimum atomic E-state index is 0.175. The van der Waals surface area contributed by atoms with E-state index in [9.17, 15) is 4.79 Å².